The maximum atomic E-state index is 14.1. The molecule has 0 saturated heterocycles. The van der Waals surface area contributed by atoms with Gasteiger partial charge >= 0.3 is 0 Å². The molecule has 0 radical (unpaired) electrons. The van der Waals surface area contributed by atoms with Gasteiger partial charge in [-0.25, -0.2) is 4.39 Å². The summed E-state index contributed by atoms with van der Waals surface area (Å²) in [6, 6.07) is 2.14. The highest BCUT2D eigenvalue weighted by molar-refractivity contribution is 5.92. The lowest BCUT2D eigenvalue weighted by Gasteiger charge is -2.23. The van der Waals surface area contributed by atoms with Gasteiger partial charge in [-0.05, 0) is 17.4 Å². The molecule has 110 valence electrons. The lowest BCUT2D eigenvalue weighted by Crippen LogP contribution is -2.20. The van der Waals surface area contributed by atoms with Crippen molar-refractivity contribution in [2.75, 3.05) is 5.32 Å². The maximum Gasteiger partial charge on any atom is 0.272 e. The van der Waals surface area contributed by atoms with Crippen molar-refractivity contribution in [1.29, 1.82) is 0 Å². The molecule has 0 aromatic heterocycles. The highest BCUT2D eigenvalue weighted by atomic mass is 19.1. The lowest BCUT2D eigenvalue weighted by molar-refractivity contribution is -0.385. The third-order valence-electron chi connectivity index (χ3n) is 2.84. The van der Waals surface area contributed by atoms with E-state index in [0.717, 1.165) is 6.07 Å². The van der Waals surface area contributed by atoms with E-state index in [-0.39, 0.29) is 23.7 Å². The van der Waals surface area contributed by atoms with Crippen LogP contribution in [0.25, 0.3) is 0 Å². The van der Waals surface area contributed by atoms with Crippen LogP contribution in [0, 0.1) is 15.9 Å². The van der Waals surface area contributed by atoms with Crippen LogP contribution in [0.4, 0.5) is 15.8 Å². The zero-order valence-electron chi connectivity index (χ0n) is 12.1. The standard InChI is InChI=1S/C14H19FN2O3/c1-5-6-12(18)16-13-10(14(2,3)4)7-9(17(19)20)8-11(13)15/h7-8H,5-6H2,1-4H3,(H,16,18). The molecule has 0 heterocycles. The predicted octanol–water partition coefficient (Wildman–Crippen LogP) is 3.77. The second-order valence-electron chi connectivity index (χ2n) is 5.66. The number of benzene rings is 1. The number of nitro benzene ring substituents is 1. The Kier molecular flexibility index (Phi) is 4.81. The Hall–Kier alpha value is -1.98. The van der Waals surface area contributed by atoms with Crippen molar-refractivity contribution < 1.29 is 14.1 Å². The van der Waals surface area contributed by atoms with E-state index in [9.17, 15) is 19.3 Å². The van der Waals surface area contributed by atoms with E-state index in [1.807, 2.05) is 6.92 Å². The highest BCUT2D eigenvalue weighted by Crippen LogP contribution is 2.35. The number of non-ortho nitro benzene ring substituents is 1. The molecule has 0 fully saturated rings. The molecule has 0 aliphatic rings. The summed E-state index contributed by atoms with van der Waals surface area (Å²) < 4.78 is 14.1. The monoisotopic (exact) mass is 282 g/mol. The fourth-order valence-electron chi connectivity index (χ4n) is 1.85. The van der Waals surface area contributed by atoms with Gasteiger partial charge in [-0.2, -0.15) is 0 Å². The molecule has 5 nitrogen and oxygen atoms in total. The molecular formula is C14H19FN2O3. The van der Waals surface area contributed by atoms with E-state index in [2.05, 4.69) is 5.32 Å². The van der Waals surface area contributed by atoms with Crippen molar-refractivity contribution in [3.05, 3.63) is 33.6 Å². The van der Waals surface area contributed by atoms with Gasteiger partial charge in [-0.3, -0.25) is 14.9 Å². The van der Waals surface area contributed by atoms with Crippen LogP contribution in [0.2, 0.25) is 0 Å². The summed E-state index contributed by atoms with van der Waals surface area (Å²) in [6.07, 6.45) is 0.922. The van der Waals surface area contributed by atoms with Gasteiger partial charge in [0, 0.05) is 12.5 Å². The molecule has 1 amide bonds. The lowest BCUT2D eigenvalue weighted by atomic mass is 9.85. The van der Waals surface area contributed by atoms with Crippen LogP contribution in [-0.4, -0.2) is 10.8 Å². The van der Waals surface area contributed by atoms with Crippen LogP contribution in [0.3, 0.4) is 0 Å². The molecule has 0 aliphatic carbocycles. The van der Waals surface area contributed by atoms with Gasteiger partial charge in [0.1, 0.15) is 0 Å². The summed E-state index contributed by atoms with van der Waals surface area (Å²) in [5.74, 6) is -1.08. The van der Waals surface area contributed by atoms with E-state index in [1.165, 1.54) is 6.07 Å². The largest absolute Gasteiger partial charge is 0.323 e. The van der Waals surface area contributed by atoms with Crippen molar-refractivity contribution in [3.8, 4) is 0 Å². The second kappa shape index (κ2) is 5.98. The van der Waals surface area contributed by atoms with E-state index in [4.69, 9.17) is 0 Å². The summed E-state index contributed by atoms with van der Waals surface area (Å²) in [5.41, 5.74) is -0.405. The minimum atomic E-state index is -0.784. The average Bonchev–Trinajstić information content (AvgIpc) is 2.29. The van der Waals surface area contributed by atoms with Crippen molar-refractivity contribution in [2.45, 2.75) is 46.0 Å². The highest BCUT2D eigenvalue weighted by Gasteiger charge is 2.25. The van der Waals surface area contributed by atoms with E-state index in [0.29, 0.717) is 12.0 Å². The van der Waals surface area contributed by atoms with Crippen LogP contribution in [0.5, 0.6) is 0 Å². The summed E-state index contributed by atoms with van der Waals surface area (Å²) in [6.45, 7) is 7.26. The average molecular weight is 282 g/mol. The fraction of sp³-hybridized carbons (Fsp3) is 0.500. The number of amides is 1. The van der Waals surface area contributed by atoms with Crippen molar-refractivity contribution in [1.82, 2.24) is 0 Å². The molecule has 0 aliphatic heterocycles. The summed E-state index contributed by atoms with van der Waals surface area (Å²) in [5, 5.41) is 13.3. The summed E-state index contributed by atoms with van der Waals surface area (Å²) in [4.78, 5) is 21.8. The Bertz CT molecular complexity index is 536. The summed E-state index contributed by atoms with van der Waals surface area (Å²) in [7, 11) is 0. The number of anilines is 1. The molecule has 1 N–H and O–H groups in total. The Morgan fingerprint density at radius 1 is 1.40 bits per heavy atom. The first kappa shape index (κ1) is 16.1. The molecule has 1 aromatic rings. The first-order valence-corrected chi connectivity index (χ1v) is 6.45. The number of carbonyl (C=O) groups is 1. The fourth-order valence-corrected chi connectivity index (χ4v) is 1.85. The summed E-state index contributed by atoms with van der Waals surface area (Å²) >= 11 is 0. The van der Waals surface area contributed by atoms with Gasteiger partial charge in [0.05, 0.1) is 16.7 Å². The molecule has 1 rings (SSSR count). The van der Waals surface area contributed by atoms with Crippen molar-refractivity contribution in [3.63, 3.8) is 0 Å². The van der Waals surface area contributed by atoms with Crippen LogP contribution in [0.1, 0.15) is 46.1 Å². The molecule has 0 unspecified atom stereocenters. The number of rotatable bonds is 4. The number of nitrogens with zero attached hydrogens (tertiary/aromatic N) is 1. The van der Waals surface area contributed by atoms with Gasteiger partial charge < -0.3 is 5.32 Å². The smallest absolute Gasteiger partial charge is 0.272 e. The first-order valence-electron chi connectivity index (χ1n) is 6.45. The third kappa shape index (κ3) is 3.76. The zero-order valence-corrected chi connectivity index (χ0v) is 12.1. The Morgan fingerprint density at radius 3 is 2.45 bits per heavy atom. The van der Waals surface area contributed by atoms with Crippen LogP contribution >= 0.6 is 0 Å². The van der Waals surface area contributed by atoms with Gasteiger partial charge in [-0.15, -0.1) is 0 Å². The molecule has 20 heavy (non-hydrogen) atoms. The predicted molar refractivity (Wildman–Crippen MR) is 75.3 cm³/mol. The van der Waals surface area contributed by atoms with Crippen LogP contribution in [-0.2, 0) is 10.2 Å². The Morgan fingerprint density at radius 2 is 2.00 bits per heavy atom. The zero-order chi connectivity index (χ0) is 15.5. The quantitative estimate of drug-likeness (QED) is 0.675. The van der Waals surface area contributed by atoms with E-state index < -0.39 is 16.2 Å². The number of hydrogen-bond donors (Lipinski definition) is 1. The van der Waals surface area contributed by atoms with E-state index in [1.54, 1.807) is 20.8 Å². The van der Waals surface area contributed by atoms with Crippen LogP contribution < -0.4 is 5.32 Å². The number of halogens is 1. The molecule has 1 aromatic carbocycles. The maximum absolute atomic E-state index is 14.1. The number of hydrogen-bond acceptors (Lipinski definition) is 3. The van der Waals surface area contributed by atoms with Gasteiger partial charge in [0.25, 0.3) is 5.69 Å². The molecule has 0 bridgehead atoms. The topological polar surface area (TPSA) is 72.2 Å². The van der Waals surface area contributed by atoms with Crippen LogP contribution in [0.15, 0.2) is 12.1 Å². The Balaban J connectivity index is 3.34. The minimum Gasteiger partial charge on any atom is -0.323 e. The minimum absolute atomic E-state index is 0.0292. The third-order valence-corrected chi connectivity index (χ3v) is 2.84. The Labute approximate surface area is 117 Å². The van der Waals surface area contributed by atoms with E-state index >= 15 is 0 Å². The number of nitrogens with one attached hydrogen (secondary N) is 1. The molecule has 0 saturated carbocycles. The molecule has 0 atom stereocenters. The number of carbonyl (C=O) groups excluding carboxylic acids is 1. The first-order chi connectivity index (χ1) is 9.16. The van der Waals surface area contributed by atoms with Crippen molar-refractivity contribution >= 4 is 17.3 Å². The SMILES string of the molecule is CCCC(=O)Nc1c(F)cc([N+](=O)[O-])cc1C(C)(C)C. The van der Waals surface area contributed by atoms with Gasteiger partial charge in [-0.1, -0.05) is 27.7 Å². The number of nitro groups is 1. The van der Waals surface area contributed by atoms with Gasteiger partial charge in [0.15, 0.2) is 5.82 Å². The second-order valence-corrected chi connectivity index (χ2v) is 5.66. The molecule has 0 spiro atoms. The van der Waals surface area contributed by atoms with Crippen molar-refractivity contribution in [2.24, 2.45) is 0 Å². The molecular weight excluding hydrogens is 263 g/mol. The van der Waals surface area contributed by atoms with Gasteiger partial charge in [0.2, 0.25) is 5.91 Å². The normalized spacial score (nSPS) is 11.2. The molecule has 6 heteroatoms.